The van der Waals surface area contributed by atoms with Crippen LogP contribution >= 0.6 is 0 Å². The summed E-state index contributed by atoms with van der Waals surface area (Å²) < 4.78 is 0. The summed E-state index contributed by atoms with van der Waals surface area (Å²) >= 11 is 0. The standard InChI is InChI=1S/C24H28N2/c1-4-6-7-8-15-20-24(26(5-2)21-25-3,22-16-11-9-12-17-22)23-18-13-10-14-19-23/h4,6-21H,5H2,1-3H3/b6-4-,8-7-,20-15+,25-21?. The van der Waals surface area contributed by atoms with Gasteiger partial charge in [0, 0.05) is 13.6 Å². The predicted molar refractivity (Wildman–Crippen MR) is 114 cm³/mol. The minimum Gasteiger partial charge on any atom is -0.346 e. The van der Waals surface area contributed by atoms with E-state index in [1.807, 2.05) is 38.5 Å². The lowest BCUT2D eigenvalue weighted by molar-refractivity contribution is 0.297. The summed E-state index contributed by atoms with van der Waals surface area (Å²) in [5.41, 5.74) is 2.00. The first kappa shape index (κ1) is 19.5. The van der Waals surface area contributed by atoms with Crippen LogP contribution in [0.15, 0.2) is 102 Å². The van der Waals surface area contributed by atoms with Gasteiger partial charge < -0.3 is 4.90 Å². The molecule has 134 valence electrons. The maximum atomic E-state index is 4.32. The van der Waals surface area contributed by atoms with Crippen molar-refractivity contribution in [2.24, 2.45) is 4.99 Å². The number of allylic oxidation sites excluding steroid dienone is 5. The van der Waals surface area contributed by atoms with Crippen LogP contribution < -0.4 is 0 Å². The third-order valence-corrected chi connectivity index (χ3v) is 4.34. The van der Waals surface area contributed by atoms with Crippen LogP contribution in [0.25, 0.3) is 0 Å². The van der Waals surface area contributed by atoms with Crippen molar-refractivity contribution >= 4 is 6.34 Å². The Morgan fingerprint density at radius 3 is 1.85 bits per heavy atom. The number of likely N-dealkylation sites (N-methyl/N-ethyl adjacent to an activating group) is 1. The van der Waals surface area contributed by atoms with Gasteiger partial charge in [-0.05, 0) is 31.1 Å². The summed E-state index contributed by atoms with van der Waals surface area (Å²) in [6, 6.07) is 21.2. The van der Waals surface area contributed by atoms with E-state index in [9.17, 15) is 0 Å². The highest BCUT2D eigenvalue weighted by atomic mass is 15.2. The molecular formula is C24H28N2. The van der Waals surface area contributed by atoms with Gasteiger partial charge in [-0.25, -0.2) is 0 Å². The molecule has 0 aromatic heterocycles. The van der Waals surface area contributed by atoms with E-state index < -0.39 is 5.54 Å². The van der Waals surface area contributed by atoms with Crippen LogP contribution in [-0.4, -0.2) is 24.8 Å². The highest BCUT2D eigenvalue weighted by molar-refractivity contribution is 5.61. The highest BCUT2D eigenvalue weighted by Gasteiger charge is 2.36. The van der Waals surface area contributed by atoms with Gasteiger partial charge in [0.1, 0.15) is 5.54 Å². The molecule has 0 unspecified atom stereocenters. The third kappa shape index (κ3) is 4.40. The normalized spacial score (nSPS) is 12.7. The monoisotopic (exact) mass is 344 g/mol. The molecule has 0 aliphatic rings. The molecule has 26 heavy (non-hydrogen) atoms. The molecule has 2 rings (SSSR count). The lowest BCUT2D eigenvalue weighted by atomic mass is 9.80. The second kappa shape index (κ2) is 10.2. The molecule has 0 fully saturated rings. The number of nitrogens with zero attached hydrogens (tertiary/aromatic N) is 2. The number of aliphatic imine (C=N–C) groups is 1. The van der Waals surface area contributed by atoms with Crippen LogP contribution in [0.1, 0.15) is 25.0 Å². The van der Waals surface area contributed by atoms with Crippen molar-refractivity contribution in [1.82, 2.24) is 4.90 Å². The van der Waals surface area contributed by atoms with Crippen molar-refractivity contribution in [1.29, 1.82) is 0 Å². The van der Waals surface area contributed by atoms with Crippen molar-refractivity contribution in [3.05, 3.63) is 108 Å². The van der Waals surface area contributed by atoms with E-state index >= 15 is 0 Å². The lowest BCUT2D eigenvalue weighted by Gasteiger charge is -2.41. The SMILES string of the molecule is C\C=C/C=C\C=C\C(c1ccccc1)(c1ccccc1)N(C=NC)CC. The fourth-order valence-electron chi connectivity index (χ4n) is 3.17. The molecule has 0 bridgehead atoms. The van der Waals surface area contributed by atoms with E-state index in [0.717, 1.165) is 6.54 Å². The molecule has 2 nitrogen and oxygen atoms in total. The first-order valence-electron chi connectivity index (χ1n) is 9.06. The van der Waals surface area contributed by atoms with Gasteiger partial charge in [0.25, 0.3) is 0 Å². The first-order chi connectivity index (χ1) is 12.8. The molecule has 0 amide bonds. The lowest BCUT2D eigenvalue weighted by Crippen LogP contribution is -2.45. The Bertz CT molecular complexity index is 716. The van der Waals surface area contributed by atoms with Gasteiger partial charge in [0.05, 0.1) is 6.34 Å². The molecule has 0 atom stereocenters. The maximum Gasteiger partial charge on any atom is 0.110 e. The number of benzene rings is 2. The molecule has 2 aromatic carbocycles. The topological polar surface area (TPSA) is 15.6 Å². The zero-order chi connectivity index (χ0) is 18.7. The maximum absolute atomic E-state index is 4.32. The van der Waals surface area contributed by atoms with Crippen molar-refractivity contribution < 1.29 is 0 Å². The van der Waals surface area contributed by atoms with Crippen molar-refractivity contribution in [2.45, 2.75) is 19.4 Å². The molecule has 2 aromatic rings. The van der Waals surface area contributed by atoms with Gasteiger partial charge in [-0.1, -0.05) is 91.0 Å². The Morgan fingerprint density at radius 1 is 0.846 bits per heavy atom. The summed E-state index contributed by atoms with van der Waals surface area (Å²) in [6.45, 7) is 5.01. The number of hydrogen-bond acceptors (Lipinski definition) is 1. The van der Waals surface area contributed by atoms with Crippen LogP contribution in [0.4, 0.5) is 0 Å². The summed E-state index contributed by atoms with van der Waals surface area (Å²) in [4.78, 5) is 6.59. The van der Waals surface area contributed by atoms with Crippen LogP contribution in [0, 0.1) is 0 Å². The molecule has 0 saturated heterocycles. The van der Waals surface area contributed by atoms with Crippen molar-refractivity contribution in [2.75, 3.05) is 13.6 Å². The van der Waals surface area contributed by atoms with Crippen LogP contribution in [0.2, 0.25) is 0 Å². The molecule has 0 heterocycles. The zero-order valence-corrected chi connectivity index (χ0v) is 15.9. The Kier molecular flexibility index (Phi) is 7.63. The van der Waals surface area contributed by atoms with Gasteiger partial charge in [0.15, 0.2) is 0 Å². The molecule has 0 N–H and O–H groups in total. The van der Waals surface area contributed by atoms with E-state index in [-0.39, 0.29) is 0 Å². The molecule has 2 heteroatoms. The van der Waals surface area contributed by atoms with Crippen LogP contribution in [-0.2, 0) is 5.54 Å². The first-order valence-corrected chi connectivity index (χ1v) is 9.06. The molecular weight excluding hydrogens is 316 g/mol. The quantitative estimate of drug-likeness (QED) is 0.346. The molecule has 0 spiro atoms. The van der Waals surface area contributed by atoms with Crippen molar-refractivity contribution in [3.8, 4) is 0 Å². The van der Waals surface area contributed by atoms with Crippen LogP contribution in [0.5, 0.6) is 0 Å². The summed E-state index contributed by atoms with van der Waals surface area (Å²) in [5.74, 6) is 0. The van der Waals surface area contributed by atoms with E-state index in [4.69, 9.17) is 0 Å². The Morgan fingerprint density at radius 2 is 1.38 bits per heavy atom. The van der Waals surface area contributed by atoms with Gasteiger partial charge in [-0.15, -0.1) is 0 Å². The van der Waals surface area contributed by atoms with E-state index in [1.165, 1.54) is 11.1 Å². The van der Waals surface area contributed by atoms with Crippen molar-refractivity contribution in [3.63, 3.8) is 0 Å². The summed E-state index contributed by atoms with van der Waals surface area (Å²) in [6.07, 6.45) is 14.5. The average Bonchev–Trinajstić information content (AvgIpc) is 2.71. The van der Waals surface area contributed by atoms with E-state index in [2.05, 4.69) is 95.7 Å². The molecule has 0 radical (unpaired) electrons. The van der Waals surface area contributed by atoms with Gasteiger partial charge >= 0.3 is 0 Å². The predicted octanol–water partition coefficient (Wildman–Crippen LogP) is 5.60. The fraction of sp³-hybridized carbons (Fsp3) is 0.208. The van der Waals surface area contributed by atoms with E-state index in [0.29, 0.717) is 0 Å². The second-order valence-electron chi connectivity index (χ2n) is 5.93. The molecule has 0 aliphatic carbocycles. The Hall–Kier alpha value is -2.87. The number of hydrogen-bond donors (Lipinski definition) is 0. The second-order valence-corrected chi connectivity index (χ2v) is 5.93. The summed E-state index contributed by atoms with van der Waals surface area (Å²) in [7, 11) is 1.82. The van der Waals surface area contributed by atoms with Gasteiger partial charge in [0.2, 0.25) is 0 Å². The summed E-state index contributed by atoms with van der Waals surface area (Å²) in [5, 5.41) is 0. The fourth-order valence-corrected chi connectivity index (χ4v) is 3.17. The minimum absolute atomic E-state index is 0.420. The average molecular weight is 345 g/mol. The van der Waals surface area contributed by atoms with E-state index in [1.54, 1.807) is 0 Å². The third-order valence-electron chi connectivity index (χ3n) is 4.34. The Labute approximate surface area is 157 Å². The zero-order valence-electron chi connectivity index (χ0n) is 15.9. The highest BCUT2D eigenvalue weighted by Crippen LogP contribution is 2.37. The largest absolute Gasteiger partial charge is 0.346 e. The van der Waals surface area contributed by atoms with Gasteiger partial charge in [-0.3, -0.25) is 4.99 Å². The number of rotatable bonds is 8. The molecule has 0 aliphatic heterocycles. The Balaban J connectivity index is 2.70. The van der Waals surface area contributed by atoms with Crippen LogP contribution in [0.3, 0.4) is 0 Å². The smallest absolute Gasteiger partial charge is 0.110 e. The molecule has 0 saturated carbocycles. The minimum atomic E-state index is -0.420. The van der Waals surface area contributed by atoms with Gasteiger partial charge in [-0.2, -0.15) is 0 Å².